The summed E-state index contributed by atoms with van der Waals surface area (Å²) in [6.07, 6.45) is 3.88. The predicted octanol–water partition coefficient (Wildman–Crippen LogP) is 2.49. The highest BCUT2D eigenvalue weighted by Crippen LogP contribution is 2.62. The third kappa shape index (κ3) is 2.23. The first-order valence-corrected chi connectivity index (χ1v) is 7.08. The number of carbonyl (C=O) groups is 2. The normalized spacial score (nSPS) is 31.7. The van der Waals surface area contributed by atoms with Gasteiger partial charge in [0.15, 0.2) is 5.83 Å². The van der Waals surface area contributed by atoms with Gasteiger partial charge in [-0.3, -0.25) is 4.79 Å². The van der Waals surface area contributed by atoms with E-state index in [4.69, 9.17) is 4.74 Å². The number of rotatable bonds is 4. The van der Waals surface area contributed by atoms with Crippen LogP contribution in [0.1, 0.15) is 46.5 Å². The van der Waals surface area contributed by atoms with Crippen LogP contribution in [0.5, 0.6) is 0 Å². The lowest BCUT2D eigenvalue weighted by molar-refractivity contribution is -0.171. The van der Waals surface area contributed by atoms with E-state index in [0.29, 0.717) is 5.92 Å². The van der Waals surface area contributed by atoms with E-state index in [1.54, 1.807) is 0 Å². The van der Waals surface area contributed by atoms with Crippen molar-refractivity contribution in [3.8, 4) is 0 Å². The zero-order valence-electron chi connectivity index (χ0n) is 12.3. The summed E-state index contributed by atoms with van der Waals surface area (Å²) in [6, 6.07) is -0.875. The first-order valence-electron chi connectivity index (χ1n) is 7.08. The summed E-state index contributed by atoms with van der Waals surface area (Å²) in [7, 11) is 0. The number of fused-ring (bicyclic) bond motifs is 2. The molecule has 0 unspecified atom stereocenters. The van der Waals surface area contributed by atoms with Crippen molar-refractivity contribution in [2.75, 3.05) is 0 Å². The van der Waals surface area contributed by atoms with Gasteiger partial charge in [0.1, 0.15) is 11.6 Å². The van der Waals surface area contributed by atoms with E-state index in [1.807, 2.05) is 0 Å². The third-order valence-electron chi connectivity index (χ3n) is 5.23. The summed E-state index contributed by atoms with van der Waals surface area (Å²) in [5.41, 5.74) is -0.462. The Morgan fingerprint density at radius 2 is 1.90 bits per heavy atom. The van der Waals surface area contributed by atoms with Crippen LogP contribution < -0.4 is 5.32 Å². The number of hydrogen-bond donors (Lipinski definition) is 1. The van der Waals surface area contributed by atoms with Crippen LogP contribution >= 0.6 is 0 Å². The summed E-state index contributed by atoms with van der Waals surface area (Å²) in [6.45, 7) is 8.67. The van der Waals surface area contributed by atoms with Crippen LogP contribution in [0.25, 0.3) is 0 Å². The Morgan fingerprint density at radius 1 is 1.35 bits per heavy atom. The van der Waals surface area contributed by atoms with Crippen molar-refractivity contribution in [3.05, 3.63) is 12.4 Å². The lowest BCUT2D eigenvalue weighted by Crippen LogP contribution is -2.47. The molecule has 2 saturated carbocycles. The molecule has 0 aromatic rings. The molecule has 5 heteroatoms. The number of nitrogens with one attached hydrogen (secondary N) is 1. The Morgan fingerprint density at radius 3 is 2.30 bits per heavy atom. The van der Waals surface area contributed by atoms with Gasteiger partial charge in [0.2, 0.25) is 0 Å². The molecule has 20 heavy (non-hydrogen) atoms. The molecule has 1 amide bonds. The fraction of sp³-hybridized carbons (Fsp3) is 0.733. The van der Waals surface area contributed by atoms with Gasteiger partial charge in [-0.05, 0) is 38.5 Å². The fourth-order valence-electron chi connectivity index (χ4n) is 3.67. The van der Waals surface area contributed by atoms with Gasteiger partial charge in [-0.15, -0.1) is 0 Å². The van der Waals surface area contributed by atoms with E-state index in [1.165, 1.54) is 6.92 Å². The second kappa shape index (κ2) is 4.86. The van der Waals surface area contributed by atoms with Gasteiger partial charge in [-0.25, -0.2) is 9.18 Å². The minimum Gasteiger partial charge on any atom is -0.457 e. The van der Waals surface area contributed by atoms with E-state index in [9.17, 15) is 14.0 Å². The van der Waals surface area contributed by atoms with Gasteiger partial charge in [-0.1, -0.05) is 20.4 Å². The summed E-state index contributed by atoms with van der Waals surface area (Å²) in [5, 5.41) is 2.25. The van der Waals surface area contributed by atoms with E-state index in [2.05, 4.69) is 25.7 Å². The number of halogens is 1. The van der Waals surface area contributed by atoms with Crippen LogP contribution in [-0.4, -0.2) is 23.5 Å². The molecule has 2 aliphatic rings. The standard InChI is InChI=1S/C15H22FNO3/c1-9(16)12(18)17-10(2)13(19)20-15-7-5-11(6-8-15)14(15,3)4/h10-11H,1,5-8H2,2-4H3,(H,17,18)/t10-,11?,15?/m0/s1. The molecule has 2 rings (SSSR count). The molecule has 1 atom stereocenters. The Kier molecular flexibility index (Phi) is 3.65. The smallest absolute Gasteiger partial charge is 0.328 e. The molecule has 2 fully saturated rings. The highest BCUT2D eigenvalue weighted by molar-refractivity contribution is 5.93. The van der Waals surface area contributed by atoms with Crippen molar-refractivity contribution < 1.29 is 18.7 Å². The molecule has 2 aliphatic carbocycles. The van der Waals surface area contributed by atoms with E-state index in [-0.39, 0.29) is 5.41 Å². The lowest BCUT2D eigenvalue weighted by Gasteiger charge is -2.38. The molecule has 2 bridgehead atoms. The number of esters is 1. The van der Waals surface area contributed by atoms with Crippen LogP contribution in [0, 0.1) is 11.3 Å². The van der Waals surface area contributed by atoms with Crippen LogP contribution in [0.15, 0.2) is 12.4 Å². The first-order chi connectivity index (χ1) is 9.19. The van der Waals surface area contributed by atoms with Gasteiger partial charge < -0.3 is 10.1 Å². The van der Waals surface area contributed by atoms with Gasteiger partial charge in [-0.2, -0.15) is 0 Å². The molecule has 112 valence electrons. The van der Waals surface area contributed by atoms with Crippen molar-refractivity contribution >= 4 is 11.9 Å². The molecule has 0 spiro atoms. The molecule has 0 saturated heterocycles. The maximum atomic E-state index is 12.6. The van der Waals surface area contributed by atoms with E-state index >= 15 is 0 Å². The van der Waals surface area contributed by atoms with Crippen molar-refractivity contribution in [2.45, 2.75) is 58.1 Å². The average molecular weight is 283 g/mol. The van der Waals surface area contributed by atoms with Crippen molar-refractivity contribution in [1.82, 2.24) is 5.32 Å². The fourth-order valence-corrected chi connectivity index (χ4v) is 3.67. The topological polar surface area (TPSA) is 55.4 Å². The van der Waals surface area contributed by atoms with Crippen LogP contribution in [-0.2, 0) is 14.3 Å². The Balaban J connectivity index is 2.01. The van der Waals surface area contributed by atoms with Gasteiger partial charge >= 0.3 is 5.97 Å². The van der Waals surface area contributed by atoms with Crippen LogP contribution in [0.3, 0.4) is 0 Å². The Hall–Kier alpha value is -1.39. The third-order valence-corrected chi connectivity index (χ3v) is 5.23. The quantitative estimate of drug-likeness (QED) is 0.637. The molecule has 1 N–H and O–H groups in total. The number of amides is 1. The second-order valence-electron chi connectivity index (χ2n) is 6.51. The average Bonchev–Trinajstić information content (AvgIpc) is 2.74. The molecule has 0 aromatic carbocycles. The number of ether oxygens (including phenoxy) is 1. The lowest BCUT2D eigenvalue weighted by atomic mass is 9.78. The van der Waals surface area contributed by atoms with Gasteiger partial charge in [0.05, 0.1) is 0 Å². The van der Waals surface area contributed by atoms with Gasteiger partial charge in [0, 0.05) is 5.41 Å². The molecule has 0 radical (unpaired) electrons. The summed E-state index contributed by atoms with van der Waals surface area (Å²) < 4.78 is 18.4. The summed E-state index contributed by atoms with van der Waals surface area (Å²) in [4.78, 5) is 23.3. The summed E-state index contributed by atoms with van der Waals surface area (Å²) in [5.74, 6) is -1.99. The minimum absolute atomic E-state index is 0.0317. The van der Waals surface area contributed by atoms with Crippen molar-refractivity contribution in [2.24, 2.45) is 11.3 Å². The number of carbonyl (C=O) groups excluding carboxylic acids is 2. The molecule has 4 nitrogen and oxygen atoms in total. The predicted molar refractivity (Wildman–Crippen MR) is 72.4 cm³/mol. The molecule has 0 heterocycles. The maximum Gasteiger partial charge on any atom is 0.328 e. The second-order valence-corrected chi connectivity index (χ2v) is 6.51. The van der Waals surface area contributed by atoms with E-state index < -0.39 is 29.3 Å². The minimum atomic E-state index is -1.11. The molecular weight excluding hydrogens is 261 g/mol. The zero-order chi connectivity index (χ0) is 15.1. The first kappa shape index (κ1) is 15.0. The zero-order valence-corrected chi connectivity index (χ0v) is 12.3. The Bertz CT molecular complexity index is 450. The molecule has 0 aliphatic heterocycles. The van der Waals surface area contributed by atoms with Crippen LogP contribution in [0.4, 0.5) is 4.39 Å². The maximum absolute atomic E-state index is 12.6. The van der Waals surface area contributed by atoms with E-state index in [0.717, 1.165) is 25.7 Å². The highest BCUT2D eigenvalue weighted by atomic mass is 19.1. The molecular formula is C15H22FNO3. The van der Waals surface area contributed by atoms with Crippen LogP contribution in [0.2, 0.25) is 0 Å². The largest absolute Gasteiger partial charge is 0.457 e. The summed E-state index contributed by atoms with van der Waals surface area (Å²) >= 11 is 0. The molecule has 0 aromatic heterocycles. The Labute approximate surface area is 118 Å². The van der Waals surface area contributed by atoms with Crippen molar-refractivity contribution in [1.29, 1.82) is 0 Å². The van der Waals surface area contributed by atoms with Crippen molar-refractivity contribution in [3.63, 3.8) is 0 Å². The number of hydrogen-bond acceptors (Lipinski definition) is 3. The monoisotopic (exact) mass is 283 g/mol. The SMILES string of the molecule is C=C(F)C(=O)N[C@@H](C)C(=O)OC12CCC(CC1)C2(C)C. The van der Waals surface area contributed by atoms with Gasteiger partial charge in [0.25, 0.3) is 5.91 Å². The highest BCUT2D eigenvalue weighted by Gasteiger charge is 2.61.